The highest BCUT2D eigenvalue weighted by molar-refractivity contribution is 7.93. The first-order valence-corrected chi connectivity index (χ1v) is 7.22. The number of hydrogen-bond donors (Lipinski definition) is 1. The average molecular weight is 313 g/mol. The summed E-state index contributed by atoms with van der Waals surface area (Å²) in [5.41, 5.74) is 0.781. The van der Waals surface area contributed by atoms with Gasteiger partial charge in [-0.25, -0.2) is 9.59 Å². The molecular formula is C14H19NO5S. The number of rotatable bonds is 2. The van der Waals surface area contributed by atoms with Gasteiger partial charge in [0.25, 0.3) is 0 Å². The molecule has 2 bridgehead atoms. The summed E-state index contributed by atoms with van der Waals surface area (Å²) in [5, 5.41) is 2.40. The van der Waals surface area contributed by atoms with Crippen molar-refractivity contribution < 1.29 is 23.6 Å². The van der Waals surface area contributed by atoms with Crippen LogP contribution < -0.4 is 5.32 Å². The second kappa shape index (κ2) is 6.82. The fraction of sp³-hybridized carbons (Fsp3) is 0.429. The molecule has 1 amide bonds. The first-order chi connectivity index (χ1) is 9.53. The summed E-state index contributed by atoms with van der Waals surface area (Å²) < 4.78 is 22.4. The van der Waals surface area contributed by atoms with Gasteiger partial charge in [0.1, 0.15) is 6.61 Å². The predicted molar refractivity (Wildman–Crippen MR) is 77.9 cm³/mol. The third-order valence-corrected chi connectivity index (χ3v) is 5.03. The molecule has 3 rings (SSSR count). The minimum absolute atomic E-state index is 0. The summed E-state index contributed by atoms with van der Waals surface area (Å²) in [6, 6.07) is 6.73. The molecule has 6 nitrogen and oxygen atoms in total. The topological polar surface area (TPSA) is 87.7 Å². The summed E-state index contributed by atoms with van der Waals surface area (Å²) in [7, 11) is 1.19. The number of carbonyl (C=O) groups excluding carboxylic acids is 2. The monoisotopic (exact) mass is 313 g/mol. The zero-order valence-electron chi connectivity index (χ0n) is 11.2. The molecule has 0 spiro atoms. The molecule has 1 unspecified atom stereocenters. The Morgan fingerprint density at radius 3 is 2.62 bits per heavy atom. The van der Waals surface area contributed by atoms with Gasteiger partial charge in [0.2, 0.25) is 0 Å². The maximum absolute atomic E-state index is 12.7. The number of carbonyl (C=O) groups is 2. The van der Waals surface area contributed by atoms with Gasteiger partial charge in [0.15, 0.2) is 4.90 Å². The summed E-state index contributed by atoms with van der Waals surface area (Å²) in [6.45, 7) is 1.73. The number of alkyl carbamates (subject to hydrolysis) is 1. The summed E-state index contributed by atoms with van der Waals surface area (Å²) in [5.74, 6) is -0.764. The van der Waals surface area contributed by atoms with Crippen LogP contribution in [0.4, 0.5) is 4.79 Å². The van der Waals surface area contributed by atoms with Crippen molar-refractivity contribution in [1.82, 2.24) is 5.32 Å². The standard InChI is InChI=1S/C13H15NO5S.CH4/c1-3-13(11(15)18-2)14-12(16)19-8-9-4-6-10(7-5-9)20(13)17;/h4-7H,3,8H2,1-2H3,(H,14,16);1H4/t13?,20-;/m0./s1. The Morgan fingerprint density at radius 1 is 1.48 bits per heavy atom. The lowest BCUT2D eigenvalue weighted by Crippen LogP contribution is -2.60. The van der Waals surface area contributed by atoms with Crippen molar-refractivity contribution in [3.63, 3.8) is 0 Å². The lowest BCUT2D eigenvalue weighted by Gasteiger charge is -2.32. The van der Waals surface area contributed by atoms with E-state index in [0.29, 0.717) is 4.90 Å². The van der Waals surface area contributed by atoms with E-state index < -0.39 is 28.1 Å². The minimum Gasteiger partial charge on any atom is -0.609 e. The zero-order valence-corrected chi connectivity index (χ0v) is 12.0. The second-order valence-corrected chi connectivity index (χ2v) is 5.99. The molecule has 1 aromatic carbocycles. The molecule has 2 aliphatic heterocycles. The van der Waals surface area contributed by atoms with Crippen LogP contribution in [0.3, 0.4) is 0 Å². The Labute approximate surface area is 127 Å². The van der Waals surface area contributed by atoms with Gasteiger partial charge in [0, 0.05) is 17.6 Å². The quantitative estimate of drug-likeness (QED) is 0.666. The van der Waals surface area contributed by atoms with E-state index in [1.54, 1.807) is 31.2 Å². The largest absolute Gasteiger partial charge is 0.609 e. The smallest absolute Gasteiger partial charge is 0.411 e. The third-order valence-electron chi connectivity index (χ3n) is 3.14. The number of fused-ring (bicyclic) bond motifs is 7. The van der Waals surface area contributed by atoms with Crippen LogP contribution in [0.15, 0.2) is 29.2 Å². The summed E-state index contributed by atoms with van der Waals surface area (Å²) in [6.07, 6.45) is -0.684. The number of ether oxygens (including phenoxy) is 2. The number of esters is 1. The van der Waals surface area contributed by atoms with Crippen molar-refractivity contribution in [2.24, 2.45) is 0 Å². The van der Waals surface area contributed by atoms with E-state index in [1.807, 2.05) is 0 Å². The Balaban J connectivity index is 0.00000220. The first kappa shape index (κ1) is 17.3. The van der Waals surface area contributed by atoms with E-state index in [2.05, 4.69) is 5.32 Å². The number of amides is 1. The van der Waals surface area contributed by atoms with E-state index in [-0.39, 0.29) is 20.5 Å². The molecule has 2 atom stereocenters. The highest BCUT2D eigenvalue weighted by atomic mass is 32.2. The molecule has 1 aromatic rings. The van der Waals surface area contributed by atoms with Crippen LogP contribution in [0.5, 0.6) is 0 Å². The highest BCUT2D eigenvalue weighted by Gasteiger charge is 2.53. The number of nitrogens with one attached hydrogen (secondary N) is 1. The molecule has 0 saturated carbocycles. The maximum Gasteiger partial charge on any atom is 0.411 e. The molecule has 1 N–H and O–H groups in total. The van der Waals surface area contributed by atoms with Crippen LogP contribution in [0, 0.1) is 0 Å². The van der Waals surface area contributed by atoms with Gasteiger partial charge in [-0.15, -0.1) is 0 Å². The molecule has 0 saturated heterocycles. The second-order valence-electron chi connectivity index (χ2n) is 4.29. The Morgan fingerprint density at radius 2 is 2.10 bits per heavy atom. The molecule has 0 fully saturated rings. The molecule has 0 aliphatic carbocycles. The molecular weight excluding hydrogens is 294 g/mol. The van der Waals surface area contributed by atoms with Crippen molar-refractivity contribution in [2.45, 2.75) is 37.1 Å². The van der Waals surface area contributed by atoms with E-state index >= 15 is 0 Å². The van der Waals surface area contributed by atoms with E-state index in [9.17, 15) is 14.1 Å². The summed E-state index contributed by atoms with van der Waals surface area (Å²) >= 11 is -1.79. The highest BCUT2D eigenvalue weighted by Crippen LogP contribution is 2.29. The van der Waals surface area contributed by atoms with E-state index in [1.165, 1.54) is 7.11 Å². The lowest BCUT2D eigenvalue weighted by molar-refractivity contribution is -0.144. The van der Waals surface area contributed by atoms with Crippen LogP contribution in [0.2, 0.25) is 0 Å². The summed E-state index contributed by atoms with van der Waals surface area (Å²) in [4.78, 5) is 22.6. The molecule has 7 heteroatoms. The Hall–Kier alpha value is -1.73. The fourth-order valence-corrected chi connectivity index (χ4v) is 3.42. The van der Waals surface area contributed by atoms with Gasteiger partial charge in [-0.05, 0) is 17.7 Å². The maximum atomic E-state index is 12.7. The Bertz CT molecular complexity index is 519. The number of methoxy groups -OCH3 is 1. The molecule has 21 heavy (non-hydrogen) atoms. The van der Waals surface area contributed by atoms with Gasteiger partial charge in [-0.2, -0.15) is 0 Å². The van der Waals surface area contributed by atoms with Crippen molar-refractivity contribution in [1.29, 1.82) is 0 Å². The van der Waals surface area contributed by atoms with Gasteiger partial charge >= 0.3 is 16.9 Å². The first-order valence-electron chi connectivity index (χ1n) is 6.07. The Kier molecular flexibility index (Phi) is 5.62. The van der Waals surface area contributed by atoms with Crippen LogP contribution in [0.1, 0.15) is 26.3 Å². The van der Waals surface area contributed by atoms with Crippen molar-refractivity contribution in [3.05, 3.63) is 29.8 Å². The van der Waals surface area contributed by atoms with Gasteiger partial charge in [-0.1, -0.05) is 26.5 Å². The zero-order chi connectivity index (χ0) is 14.8. The fourth-order valence-electron chi connectivity index (χ4n) is 1.96. The average Bonchev–Trinajstić information content (AvgIpc) is 2.49. The van der Waals surface area contributed by atoms with Crippen molar-refractivity contribution in [2.75, 3.05) is 7.11 Å². The van der Waals surface area contributed by atoms with Crippen LogP contribution in [-0.4, -0.2) is 28.6 Å². The lowest BCUT2D eigenvalue weighted by atomic mass is 10.2. The van der Waals surface area contributed by atoms with Gasteiger partial charge < -0.3 is 14.0 Å². The number of hydrogen-bond acceptors (Lipinski definition) is 5. The third kappa shape index (κ3) is 3.14. The van der Waals surface area contributed by atoms with Crippen molar-refractivity contribution in [3.8, 4) is 0 Å². The number of benzene rings is 1. The van der Waals surface area contributed by atoms with E-state index in [0.717, 1.165) is 5.56 Å². The van der Waals surface area contributed by atoms with Crippen LogP contribution in [0.25, 0.3) is 0 Å². The normalized spacial score (nSPS) is 24.3. The van der Waals surface area contributed by atoms with Crippen LogP contribution >= 0.6 is 0 Å². The van der Waals surface area contributed by atoms with Crippen LogP contribution in [-0.2, 0) is 32.1 Å². The molecule has 2 aliphatic rings. The van der Waals surface area contributed by atoms with Crippen molar-refractivity contribution >= 4 is 23.2 Å². The molecule has 0 radical (unpaired) electrons. The predicted octanol–water partition coefficient (Wildman–Crippen LogP) is 1.95. The molecule has 116 valence electrons. The van der Waals surface area contributed by atoms with Gasteiger partial charge in [0.05, 0.1) is 7.11 Å². The molecule has 0 aromatic heterocycles. The molecule has 2 heterocycles. The van der Waals surface area contributed by atoms with E-state index in [4.69, 9.17) is 9.47 Å². The minimum atomic E-state index is -1.79. The SMILES string of the molecule is C.CCC1(C(=O)OC)NC(=O)OCc2ccc(cc2)[S@+]1[O-]. The van der Waals surface area contributed by atoms with Gasteiger partial charge in [-0.3, -0.25) is 5.32 Å².